The third-order valence-electron chi connectivity index (χ3n) is 3.20. The number of nitrogens with two attached hydrogens (primary N) is 1. The predicted octanol–water partition coefficient (Wildman–Crippen LogP) is 1.95. The number of hydrogen-bond acceptors (Lipinski definition) is 3. The van der Waals surface area contributed by atoms with E-state index in [2.05, 4.69) is 10.5 Å². The smallest absolute Gasteiger partial charge is 0.252 e. The normalized spacial score (nSPS) is 13.1. The van der Waals surface area contributed by atoms with Gasteiger partial charge in [-0.3, -0.25) is 4.79 Å². The molecule has 1 rings (SSSR count). The predicted molar refractivity (Wildman–Crippen MR) is 75.5 cm³/mol. The van der Waals surface area contributed by atoms with E-state index >= 15 is 0 Å². The van der Waals surface area contributed by atoms with Crippen molar-refractivity contribution in [2.45, 2.75) is 39.7 Å². The van der Waals surface area contributed by atoms with Crippen LogP contribution in [0.4, 0.5) is 0 Å². The van der Waals surface area contributed by atoms with E-state index in [-0.39, 0.29) is 11.7 Å². The molecule has 1 atom stereocenters. The number of nitrogens with zero attached hydrogens (tertiary/aromatic N) is 1. The van der Waals surface area contributed by atoms with Crippen molar-refractivity contribution in [3.63, 3.8) is 0 Å². The lowest BCUT2D eigenvalue weighted by atomic mass is 10.0. The summed E-state index contributed by atoms with van der Waals surface area (Å²) in [7, 11) is 0. The fourth-order valence-corrected chi connectivity index (χ4v) is 1.89. The van der Waals surface area contributed by atoms with Crippen LogP contribution in [0.5, 0.6) is 0 Å². The summed E-state index contributed by atoms with van der Waals surface area (Å²) in [4.78, 5) is 12.2. The minimum Gasteiger partial charge on any atom is -0.409 e. The molecular weight excluding hydrogens is 242 g/mol. The number of amidine groups is 1. The van der Waals surface area contributed by atoms with Crippen molar-refractivity contribution in [1.29, 1.82) is 0 Å². The molecule has 1 aromatic rings. The summed E-state index contributed by atoms with van der Waals surface area (Å²) < 4.78 is 0. The van der Waals surface area contributed by atoms with Gasteiger partial charge in [0.25, 0.3) is 5.91 Å². The van der Waals surface area contributed by atoms with E-state index in [4.69, 9.17) is 10.9 Å². The standard InChI is InChI=1S/C14H21N3O2/c1-4-6-12(13(15)17-19)16-14(18)11-8-5-7-9(2)10(11)3/h5,7-8,12,19H,4,6H2,1-3H3,(H2,15,17)(H,16,18). The molecule has 0 aromatic heterocycles. The Kier molecular flexibility index (Phi) is 5.36. The van der Waals surface area contributed by atoms with E-state index in [1.807, 2.05) is 32.9 Å². The summed E-state index contributed by atoms with van der Waals surface area (Å²) in [5.41, 5.74) is 8.20. The Bertz CT molecular complexity index is 484. The maximum atomic E-state index is 12.2. The Hall–Kier alpha value is -2.04. The fraction of sp³-hybridized carbons (Fsp3) is 0.429. The third kappa shape index (κ3) is 3.71. The summed E-state index contributed by atoms with van der Waals surface area (Å²) >= 11 is 0. The second kappa shape index (κ2) is 6.78. The van der Waals surface area contributed by atoms with Crippen molar-refractivity contribution < 1.29 is 10.0 Å². The average Bonchev–Trinajstić information content (AvgIpc) is 2.40. The zero-order valence-electron chi connectivity index (χ0n) is 11.6. The lowest BCUT2D eigenvalue weighted by Crippen LogP contribution is -2.44. The Labute approximate surface area is 113 Å². The van der Waals surface area contributed by atoms with E-state index < -0.39 is 6.04 Å². The molecule has 19 heavy (non-hydrogen) atoms. The molecule has 1 unspecified atom stereocenters. The second-order valence-electron chi connectivity index (χ2n) is 4.59. The number of carbonyl (C=O) groups is 1. The zero-order chi connectivity index (χ0) is 14.4. The quantitative estimate of drug-likeness (QED) is 0.328. The van der Waals surface area contributed by atoms with Gasteiger partial charge in [-0.2, -0.15) is 0 Å². The van der Waals surface area contributed by atoms with Crippen LogP contribution in [0, 0.1) is 13.8 Å². The molecule has 5 heteroatoms. The molecule has 0 saturated heterocycles. The van der Waals surface area contributed by atoms with Crippen LogP contribution in [0.1, 0.15) is 41.3 Å². The van der Waals surface area contributed by atoms with Gasteiger partial charge >= 0.3 is 0 Å². The largest absolute Gasteiger partial charge is 0.409 e. The number of aryl methyl sites for hydroxylation is 1. The highest BCUT2D eigenvalue weighted by Gasteiger charge is 2.18. The number of rotatable bonds is 5. The van der Waals surface area contributed by atoms with Gasteiger partial charge in [0.1, 0.15) is 0 Å². The van der Waals surface area contributed by atoms with Crippen molar-refractivity contribution in [3.8, 4) is 0 Å². The second-order valence-corrected chi connectivity index (χ2v) is 4.59. The monoisotopic (exact) mass is 263 g/mol. The van der Waals surface area contributed by atoms with Gasteiger partial charge in [-0.1, -0.05) is 30.6 Å². The van der Waals surface area contributed by atoms with Crippen molar-refractivity contribution in [1.82, 2.24) is 5.32 Å². The van der Waals surface area contributed by atoms with Crippen molar-refractivity contribution in [3.05, 3.63) is 34.9 Å². The van der Waals surface area contributed by atoms with Crippen LogP contribution in [0.3, 0.4) is 0 Å². The first kappa shape index (κ1) is 15.0. The summed E-state index contributed by atoms with van der Waals surface area (Å²) in [5, 5.41) is 14.5. The van der Waals surface area contributed by atoms with Gasteiger partial charge in [0.05, 0.1) is 6.04 Å². The minimum absolute atomic E-state index is 0.0282. The molecule has 0 radical (unpaired) electrons. The van der Waals surface area contributed by atoms with Gasteiger partial charge < -0.3 is 16.3 Å². The average molecular weight is 263 g/mol. The van der Waals surface area contributed by atoms with E-state index in [0.29, 0.717) is 12.0 Å². The molecule has 0 aliphatic rings. The zero-order valence-corrected chi connectivity index (χ0v) is 11.6. The first-order valence-corrected chi connectivity index (χ1v) is 6.35. The van der Waals surface area contributed by atoms with Gasteiger partial charge in [-0.15, -0.1) is 0 Å². The summed E-state index contributed by atoms with van der Waals surface area (Å²) in [6, 6.07) is 5.13. The van der Waals surface area contributed by atoms with Gasteiger partial charge in [-0.25, -0.2) is 0 Å². The maximum Gasteiger partial charge on any atom is 0.252 e. The number of benzene rings is 1. The number of amides is 1. The highest BCUT2D eigenvalue weighted by molar-refractivity contribution is 5.99. The molecule has 0 spiro atoms. The Morgan fingerprint density at radius 2 is 2.16 bits per heavy atom. The van der Waals surface area contributed by atoms with Crippen LogP contribution in [-0.2, 0) is 0 Å². The maximum absolute atomic E-state index is 12.2. The van der Waals surface area contributed by atoms with Crippen LogP contribution in [0.25, 0.3) is 0 Å². The molecule has 0 aliphatic heterocycles. The van der Waals surface area contributed by atoms with Crippen molar-refractivity contribution in [2.24, 2.45) is 10.9 Å². The van der Waals surface area contributed by atoms with E-state index in [9.17, 15) is 4.79 Å². The first-order chi connectivity index (χ1) is 9.01. The Morgan fingerprint density at radius 3 is 2.74 bits per heavy atom. The molecule has 0 bridgehead atoms. The molecule has 1 amide bonds. The summed E-state index contributed by atoms with van der Waals surface area (Å²) in [6.07, 6.45) is 1.46. The highest BCUT2D eigenvalue weighted by atomic mass is 16.4. The number of oxime groups is 1. The summed E-state index contributed by atoms with van der Waals surface area (Å²) in [6.45, 7) is 5.84. The fourth-order valence-electron chi connectivity index (χ4n) is 1.89. The SMILES string of the molecule is CCCC(NC(=O)c1cccc(C)c1C)/C(N)=N/O. The van der Waals surface area contributed by atoms with Crippen LogP contribution < -0.4 is 11.1 Å². The molecule has 0 heterocycles. The molecule has 0 fully saturated rings. The van der Waals surface area contributed by atoms with Gasteiger partial charge in [-0.05, 0) is 37.5 Å². The van der Waals surface area contributed by atoms with Gasteiger partial charge in [0, 0.05) is 5.56 Å². The van der Waals surface area contributed by atoms with Crippen LogP contribution >= 0.6 is 0 Å². The Morgan fingerprint density at radius 1 is 1.47 bits per heavy atom. The molecule has 5 nitrogen and oxygen atoms in total. The topological polar surface area (TPSA) is 87.7 Å². The number of nitrogens with one attached hydrogen (secondary N) is 1. The van der Waals surface area contributed by atoms with Crippen molar-refractivity contribution in [2.75, 3.05) is 0 Å². The van der Waals surface area contributed by atoms with Crippen LogP contribution in [-0.4, -0.2) is 23.0 Å². The minimum atomic E-state index is -0.442. The lowest BCUT2D eigenvalue weighted by Gasteiger charge is -2.17. The molecule has 0 aliphatic carbocycles. The number of hydrogen-bond donors (Lipinski definition) is 3. The van der Waals surface area contributed by atoms with Crippen LogP contribution in [0.2, 0.25) is 0 Å². The Balaban J connectivity index is 2.91. The molecule has 104 valence electrons. The third-order valence-corrected chi connectivity index (χ3v) is 3.20. The van der Waals surface area contributed by atoms with E-state index in [1.165, 1.54) is 0 Å². The molecular formula is C14H21N3O2. The lowest BCUT2D eigenvalue weighted by molar-refractivity contribution is 0.0944. The van der Waals surface area contributed by atoms with Gasteiger partial charge in [0.15, 0.2) is 5.84 Å². The first-order valence-electron chi connectivity index (χ1n) is 6.35. The molecule has 4 N–H and O–H groups in total. The molecule has 1 aromatic carbocycles. The molecule has 0 saturated carbocycles. The van der Waals surface area contributed by atoms with Crippen molar-refractivity contribution >= 4 is 11.7 Å². The van der Waals surface area contributed by atoms with E-state index in [1.54, 1.807) is 6.07 Å². The van der Waals surface area contributed by atoms with Gasteiger partial charge in [0.2, 0.25) is 0 Å². The summed E-state index contributed by atoms with van der Waals surface area (Å²) in [5.74, 6) is -0.174. The van der Waals surface area contributed by atoms with Crippen LogP contribution in [0.15, 0.2) is 23.4 Å². The number of carbonyl (C=O) groups excluding carboxylic acids is 1. The highest BCUT2D eigenvalue weighted by Crippen LogP contribution is 2.13. The van der Waals surface area contributed by atoms with E-state index in [0.717, 1.165) is 17.5 Å².